The molecule has 0 saturated carbocycles. The van der Waals surface area contributed by atoms with Crippen LogP contribution in [0.4, 0.5) is 0 Å². The van der Waals surface area contributed by atoms with Crippen molar-refractivity contribution in [2.75, 3.05) is 12.0 Å². The summed E-state index contributed by atoms with van der Waals surface area (Å²) in [7, 11) is 0. The molecule has 29 heavy (non-hydrogen) atoms. The number of aromatic nitrogens is 2. The third kappa shape index (κ3) is 5.04. The Bertz CT molecular complexity index is 1060. The SMILES string of the molecule is CSCC[C@H](NC(=O)Cc1csc(-c2ccccc2)n1)c1nc2ccccc2s1. The van der Waals surface area contributed by atoms with Gasteiger partial charge in [-0.15, -0.1) is 22.7 Å². The summed E-state index contributed by atoms with van der Waals surface area (Å²) in [6.45, 7) is 0. The van der Waals surface area contributed by atoms with Gasteiger partial charge in [0.25, 0.3) is 0 Å². The number of nitrogens with zero attached hydrogens (tertiary/aromatic N) is 2. The largest absolute Gasteiger partial charge is 0.346 e. The molecule has 0 unspecified atom stereocenters. The van der Waals surface area contributed by atoms with Gasteiger partial charge in [-0.3, -0.25) is 4.79 Å². The maximum Gasteiger partial charge on any atom is 0.226 e. The van der Waals surface area contributed by atoms with Gasteiger partial charge in [0.1, 0.15) is 10.0 Å². The van der Waals surface area contributed by atoms with Gasteiger partial charge in [0.2, 0.25) is 5.91 Å². The molecule has 0 aliphatic rings. The summed E-state index contributed by atoms with van der Waals surface area (Å²) in [6, 6.07) is 18.1. The van der Waals surface area contributed by atoms with E-state index < -0.39 is 0 Å². The van der Waals surface area contributed by atoms with Crippen molar-refractivity contribution < 1.29 is 4.79 Å². The fourth-order valence-corrected chi connectivity index (χ4v) is 5.39. The van der Waals surface area contributed by atoms with Gasteiger partial charge in [-0.25, -0.2) is 9.97 Å². The van der Waals surface area contributed by atoms with Crippen LogP contribution in [-0.2, 0) is 11.2 Å². The predicted molar refractivity (Wildman–Crippen MR) is 125 cm³/mol. The standard InChI is InChI=1S/C22H21N3OS3/c1-27-12-11-18(22-25-17-9-5-6-10-19(17)29-22)24-20(26)13-16-14-28-21(23-16)15-7-3-2-4-8-15/h2-10,14,18H,11-13H2,1H3,(H,24,26)/t18-/m0/s1. The van der Waals surface area contributed by atoms with E-state index in [0.29, 0.717) is 0 Å². The van der Waals surface area contributed by atoms with E-state index in [9.17, 15) is 4.79 Å². The molecule has 4 aromatic rings. The molecule has 148 valence electrons. The van der Waals surface area contributed by atoms with Crippen molar-refractivity contribution in [2.45, 2.75) is 18.9 Å². The number of hydrogen-bond donors (Lipinski definition) is 1. The highest BCUT2D eigenvalue weighted by Crippen LogP contribution is 2.29. The van der Waals surface area contributed by atoms with E-state index >= 15 is 0 Å². The Kier molecular flexibility index (Phi) is 6.59. The van der Waals surface area contributed by atoms with Crippen LogP contribution < -0.4 is 5.32 Å². The number of fused-ring (bicyclic) bond motifs is 1. The number of hydrogen-bond acceptors (Lipinski definition) is 6. The molecule has 0 radical (unpaired) electrons. The van der Waals surface area contributed by atoms with Crippen molar-refractivity contribution in [2.24, 2.45) is 0 Å². The summed E-state index contributed by atoms with van der Waals surface area (Å²) in [4.78, 5) is 22.1. The molecule has 2 aromatic heterocycles. The zero-order chi connectivity index (χ0) is 20.1. The van der Waals surface area contributed by atoms with Gasteiger partial charge in [0, 0.05) is 10.9 Å². The van der Waals surface area contributed by atoms with Gasteiger partial charge >= 0.3 is 0 Å². The molecule has 2 heterocycles. The molecule has 7 heteroatoms. The van der Waals surface area contributed by atoms with Crippen molar-refractivity contribution >= 4 is 50.6 Å². The van der Waals surface area contributed by atoms with Crippen molar-refractivity contribution in [3.05, 3.63) is 70.7 Å². The molecular formula is C22H21N3OS3. The van der Waals surface area contributed by atoms with Gasteiger partial charge in [-0.1, -0.05) is 42.5 Å². The van der Waals surface area contributed by atoms with Crippen molar-refractivity contribution in [1.82, 2.24) is 15.3 Å². The van der Waals surface area contributed by atoms with Gasteiger partial charge in [-0.2, -0.15) is 11.8 Å². The Labute approximate surface area is 182 Å². The third-order valence-corrected chi connectivity index (χ3v) is 7.20. The minimum absolute atomic E-state index is 0.0136. The first-order chi connectivity index (χ1) is 14.2. The number of carbonyl (C=O) groups excluding carboxylic acids is 1. The van der Waals surface area contributed by atoms with Crippen LogP contribution in [0.5, 0.6) is 0 Å². The second kappa shape index (κ2) is 9.52. The highest BCUT2D eigenvalue weighted by molar-refractivity contribution is 7.98. The molecule has 0 aliphatic heterocycles. The molecule has 0 bridgehead atoms. The average Bonchev–Trinajstić information content (AvgIpc) is 3.38. The molecule has 4 nitrogen and oxygen atoms in total. The molecule has 1 atom stereocenters. The average molecular weight is 440 g/mol. The molecule has 2 aromatic carbocycles. The smallest absolute Gasteiger partial charge is 0.226 e. The normalized spacial score (nSPS) is 12.2. The van der Waals surface area contributed by atoms with Gasteiger partial charge in [0.15, 0.2) is 0 Å². The number of carbonyl (C=O) groups is 1. The first kappa shape index (κ1) is 20.1. The number of thiazole rings is 2. The summed E-state index contributed by atoms with van der Waals surface area (Å²) in [6.07, 6.45) is 3.22. The van der Waals surface area contributed by atoms with Gasteiger partial charge in [-0.05, 0) is 30.6 Å². The van der Waals surface area contributed by atoms with E-state index in [-0.39, 0.29) is 18.4 Å². The molecule has 0 spiro atoms. The van der Waals surface area contributed by atoms with Crippen LogP contribution in [0.3, 0.4) is 0 Å². The quantitative estimate of drug-likeness (QED) is 0.390. The highest BCUT2D eigenvalue weighted by Gasteiger charge is 2.19. The maximum absolute atomic E-state index is 12.7. The van der Waals surface area contributed by atoms with Crippen LogP contribution in [-0.4, -0.2) is 27.9 Å². The van der Waals surface area contributed by atoms with E-state index in [1.165, 1.54) is 0 Å². The lowest BCUT2D eigenvalue weighted by Crippen LogP contribution is -2.30. The number of nitrogens with one attached hydrogen (secondary N) is 1. The van der Waals surface area contributed by atoms with E-state index in [2.05, 4.69) is 22.6 Å². The van der Waals surface area contributed by atoms with Crippen LogP contribution in [0.25, 0.3) is 20.8 Å². The second-order valence-corrected chi connectivity index (χ2v) is 9.51. The molecule has 0 aliphatic carbocycles. The fraction of sp³-hybridized carbons (Fsp3) is 0.227. The Morgan fingerprint density at radius 2 is 1.90 bits per heavy atom. The number of thioether (sulfide) groups is 1. The van der Waals surface area contributed by atoms with Crippen molar-refractivity contribution in [3.8, 4) is 10.6 Å². The van der Waals surface area contributed by atoms with E-state index in [1.54, 1.807) is 34.4 Å². The van der Waals surface area contributed by atoms with E-state index in [4.69, 9.17) is 4.98 Å². The second-order valence-electron chi connectivity index (χ2n) is 6.61. The molecule has 0 saturated heterocycles. The zero-order valence-corrected chi connectivity index (χ0v) is 18.4. The Hall–Kier alpha value is -2.22. The minimum atomic E-state index is -0.0698. The highest BCUT2D eigenvalue weighted by atomic mass is 32.2. The van der Waals surface area contributed by atoms with Gasteiger partial charge < -0.3 is 5.32 Å². The minimum Gasteiger partial charge on any atom is -0.346 e. The lowest BCUT2D eigenvalue weighted by molar-refractivity contribution is -0.121. The molecule has 1 N–H and O–H groups in total. The monoisotopic (exact) mass is 439 g/mol. The Balaban J connectivity index is 1.46. The Morgan fingerprint density at radius 3 is 2.69 bits per heavy atom. The van der Waals surface area contributed by atoms with Crippen LogP contribution in [0.15, 0.2) is 60.0 Å². The third-order valence-electron chi connectivity index (χ3n) is 4.47. The molecule has 0 fully saturated rings. The topological polar surface area (TPSA) is 54.9 Å². The van der Waals surface area contributed by atoms with Crippen LogP contribution in [0, 0.1) is 0 Å². The predicted octanol–water partition coefficient (Wildman–Crippen LogP) is 5.57. The number of rotatable bonds is 8. The summed E-state index contributed by atoms with van der Waals surface area (Å²) >= 11 is 5.01. The van der Waals surface area contributed by atoms with Crippen molar-refractivity contribution in [3.63, 3.8) is 0 Å². The first-order valence-electron chi connectivity index (χ1n) is 9.36. The summed E-state index contributed by atoms with van der Waals surface area (Å²) in [5, 5.41) is 7.07. The molecule has 1 amide bonds. The van der Waals surface area contributed by atoms with E-state index in [0.717, 1.165) is 43.7 Å². The van der Waals surface area contributed by atoms with E-state index in [1.807, 2.05) is 53.9 Å². The lowest BCUT2D eigenvalue weighted by Gasteiger charge is -2.15. The van der Waals surface area contributed by atoms with Crippen LogP contribution in [0.2, 0.25) is 0 Å². The number of benzene rings is 2. The number of para-hydroxylation sites is 1. The molecule has 4 rings (SSSR count). The van der Waals surface area contributed by atoms with Crippen molar-refractivity contribution in [1.29, 1.82) is 0 Å². The Morgan fingerprint density at radius 1 is 1.10 bits per heavy atom. The van der Waals surface area contributed by atoms with Crippen LogP contribution >= 0.6 is 34.4 Å². The summed E-state index contributed by atoms with van der Waals surface area (Å²) < 4.78 is 1.15. The summed E-state index contributed by atoms with van der Waals surface area (Å²) in [5.41, 5.74) is 2.87. The number of amides is 1. The maximum atomic E-state index is 12.7. The van der Waals surface area contributed by atoms with Gasteiger partial charge in [0.05, 0.1) is 28.4 Å². The zero-order valence-electron chi connectivity index (χ0n) is 16.0. The van der Waals surface area contributed by atoms with Crippen LogP contribution in [0.1, 0.15) is 23.2 Å². The lowest BCUT2D eigenvalue weighted by atomic mass is 10.2. The fourth-order valence-electron chi connectivity index (χ4n) is 3.04. The summed E-state index contributed by atoms with van der Waals surface area (Å²) in [5.74, 6) is 0.954. The first-order valence-corrected chi connectivity index (χ1v) is 12.5. The molecular weight excluding hydrogens is 418 g/mol.